The number of ether oxygens (including phenoxy) is 1. The highest BCUT2D eigenvalue weighted by Gasteiger charge is 2.18. The Morgan fingerprint density at radius 1 is 1.62 bits per heavy atom. The molecule has 0 aromatic carbocycles. The maximum absolute atomic E-state index is 5.29. The summed E-state index contributed by atoms with van der Waals surface area (Å²) >= 11 is 4.68. The third-order valence-electron chi connectivity index (χ3n) is 1.10. The first kappa shape index (κ1) is 7.85. The van der Waals surface area contributed by atoms with E-state index in [9.17, 15) is 0 Å². The van der Waals surface area contributed by atoms with Crippen LogP contribution < -0.4 is 5.73 Å². The van der Waals surface area contributed by atoms with Gasteiger partial charge in [0.05, 0.1) is 0 Å². The molecule has 0 aliphatic carbocycles. The molecule has 0 bridgehead atoms. The van der Waals surface area contributed by atoms with Crippen molar-refractivity contribution in [1.29, 1.82) is 0 Å². The molecule has 48 valence electrons. The summed E-state index contributed by atoms with van der Waals surface area (Å²) in [4.78, 5) is 0.389. The summed E-state index contributed by atoms with van der Waals surface area (Å²) in [6.45, 7) is 3.66. The summed E-state index contributed by atoms with van der Waals surface area (Å²) in [6.07, 6.45) is 0. The number of thiocarbonyl (C=S) groups is 1. The van der Waals surface area contributed by atoms with Gasteiger partial charge in [0.2, 0.25) is 0 Å². The van der Waals surface area contributed by atoms with E-state index in [0.717, 1.165) is 0 Å². The minimum absolute atomic E-state index is 0.389. The molecule has 0 fully saturated rings. The van der Waals surface area contributed by atoms with E-state index in [1.54, 1.807) is 7.11 Å². The lowest BCUT2D eigenvalue weighted by Gasteiger charge is -2.20. The van der Waals surface area contributed by atoms with Gasteiger partial charge in [-0.2, -0.15) is 0 Å². The first-order valence-corrected chi connectivity index (χ1v) is 2.76. The van der Waals surface area contributed by atoms with Gasteiger partial charge in [0, 0.05) is 7.11 Å². The van der Waals surface area contributed by atoms with E-state index in [4.69, 9.17) is 10.5 Å². The normalized spacial score (nSPS) is 11.4. The number of methoxy groups -OCH3 is 1. The van der Waals surface area contributed by atoms with Crippen LogP contribution in [-0.2, 0) is 4.74 Å². The topological polar surface area (TPSA) is 35.2 Å². The van der Waals surface area contributed by atoms with E-state index in [1.807, 2.05) is 13.8 Å². The van der Waals surface area contributed by atoms with Crippen molar-refractivity contribution >= 4 is 17.2 Å². The average molecular weight is 133 g/mol. The van der Waals surface area contributed by atoms with E-state index in [-0.39, 0.29) is 0 Å². The highest BCUT2D eigenvalue weighted by molar-refractivity contribution is 7.80. The Kier molecular flexibility index (Phi) is 2.37. The second-order valence-electron chi connectivity index (χ2n) is 2.08. The van der Waals surface area contributed by atoms with Crippen molar-refractivity contribution in [2.24, 2.45) is 5.73 Å². The molecule has 0 rings (SSSR count). The van der Waals surface area contributed by atoms with Crippen LogP contribution in [0, 0.1) is 0 Å². The lowest BCUT2D eigenvalue weighted by molar-refractivity contribution is 0.0840. The molecular formula is C5H11NOS. The summed E-state index contributed by atoms with van der Waals surface area (Å²) < 4.78 is 4.93. The molecule has 3 heteroatoms. The Morgan fingerprint density at radius 3 is 2.00 bits per heavy atom. The molecule has 0 heterocycles. The van der Waals surface area contributed by atoms with Crippen LogP contribution in [-0.4, -0.2) is 17.7 Å². The fraction of sp³-hybridized carbons (Fsp3) is 0.800. The maximum atomic E-state index is 5.29. The third kappa shape index (κ3) is 1.76. The molecule has 0 aliphatic rings. The molecular weight excluding hydrogens is 122 g/mol. The Balaban J connectivity index is 3.91. The highest BCUT2D eigenvalue weighted by atomic mass is 32.1. The average Bonchev–Trinajstić information content (AvgIpc) is 1.67. The summed E-state index contributed by atoms with van der Waals surface area (Å²) in [5, 5.41) is 0. The highest BCUT2D eigenvalue weighted by Crippen LogP contribution is 2.05. The van der Waals surface area contributed by atoms with E-state index in [1.165, 1.54) is 0 Å². The van der Waals surface area contributed by atoms with Crippen LogP contribution in [0.25, 0.3) is 0 Å². The molecule has 0 radical (unpaired) electrons. The fourth-order valence-electron chi connectivity index (χ4n) is 0.101. The van der Waals surface area contributed by atoms with Crippen LogP contribution in [0.2, 0.25) is 0 Å². The molecule has 2 nitrogen and oxygen atoms in total. The van der Waals surface area contributed by atoms with Crippen molar-refractivity contribution in [2.45, 2.75) is 19.4 Å². The van der Waals surface area contributed by atoms with Gasteiger partial charge in [-0.25, -0.2) is 0 Å². The molecule has 0 saturated carbocycles. The van der Waals surface area contributed by atoms with E-state index < -0.39 is 5.60 Å². The van der Waals surface area contributed by atoms with E-state index in [0.29, 0.717) is 4.99 Å². The Morgan fingerprint density at radius 2 is 2.00 bits per heavy atom. The number of rotatable bonds is 2. The second-order valence-corrected chi connectivity index (χ2v) is 2.52. The van der Waals surface area contributed by atoms with Crippen molar-refractivity contribution in [1.82, 2.24) is 0 Å². The van der Waals surface area contributed by atoms with Gasteiger partial charge in [0.1, 0.15) is 10.6 Å². The van der Waals surface area contributed by atoms with Crippen molar-refractivity contribution in [3.05, 3.63) is 0 Å². The lowest BCUT2D eigenvalue weighted by atomic mass is 10.1. The summed E-state index contributed by atoms with van der Waals surface area (Å²) in [5.74, 6) is 0. The van der Waals surface area contributed by atoms with Gasteiger partial charge in [-0.3, -0.25) is 0 Å². The van der Waals surface area contributed by atoms with Gasteiger partial charge in [-0.15, -0.1) is 0 Å². The van der Waals surface area contributed by atoms with Gasteiger partial charge in [0.15, 0.2) is 0 Å². The predicted octanol–water partition coefficient (Wildman–Crippen LogP) is 0.698. The van der Waals surface area contributed by atoms with Crippen molar-refractivity contribution < 1.29 is 4.74 Å². The monoisotopic (exact) mass is 133 g/mol. The van der Waals surface area contributed by atoms with Crippen molar-refractivity contribution in [3.8, 4) is 0 Å². The largest absolute Gasteiger partial charge is 0.391 e. The van der Waals surface area contributed by atoms with Crippen molar-refractivity contribution in [2.75, 3.05) is 7.11 Å². The smallest absolute Gasteiger partial charge is 0.112 e. The zero-order valence-electron chi connectivity index (χ0n) is 5.39. The SMILES string of the molecule is COC(C)(C)C(N)=S. The van der Waals surface area contributed by atoms with Crippen LogP contribution in [0.4, 0.5) is 0 Å². The standard InChI is InChI=1S/C5H11NOS/c1-5(2,7-3)4(6)8/h1-3H3,(H2,6,8). The minimum atomic E-state index is -0.449. The molecule has 0 aromatic heterocycles. The summed E-state index contributed by atoms with van der Waals surface area (Å²) in [7, 11) is 1.58. The molecule has 0 saturated heterocycles. The molecule has 0 amide bonds. The second kappa shape index (κ2) is 2.42. The molecule has 0 spiro atoms. The van der Waals surface area contributed by atoms with Crippen LogP contribution in [0.5, 0.6) is 0 Å². The van der Waals surface area contributed by atoms with E-state index >= 15 is 0 Å². The number of hydrogen-bond acceptors (Lipinski definition) is 2. The first-order chi connectivity index (χ1) is 3.50. The molecule has 2 N–H and O–H groups in total. The molecule has 0 aromatic rings. The Bertz CT molecular complexity index is 101. The van der Waals surface area contributed by atoms with Crippen LogP contribution in [0.15, 0.2) is 0 Å². The summed E-state index contributed by atoms with van der Waals surface area (Å²) in [6, 6.07) is 0. The Hall–Kier alpha value is -0.150. The predicted molar refractivity (Wildman–Crippen MR) is 37.9 cm³/mol. The number of nitrogens with two attached hydrogens (primary N) is 1. The van der Waals surface area contributed by atoms with Crippen molar-refractivity contribution in [3.63, 3.8) is 0 Å². The van der Waals surface area contributed by atoms with Crippen LogP contribution in [0.3, 0.4) is 0 Å². The van der Waals surface area contributed by atoms with Crippen LogP contribution >= 0.6 is 12.2 Å². The fourth-order valence-corrected chi connectivity index (χ4v) is 0.184. The third-order valence-corrected chi connectivity index (χ3v) is 1.60. The van der Waals surface area contributed by atoms with Gasteiger partial charge in [0.25, 0.3) is 0 Å². The number of hydrogen-bond donors (Lipinski definition) is 1. The minimum Gasteiger partial charge on any atom is -0.391 e. The van der Waals surface area contributed by atoms with Gasteiger partial charge in [-0.1, -0.05) is 12.2 Å². The Labute approximate surface area is 55.0 Å². The quantitative estimate of drug-likeness (QED) is 0.563. The van der Waals surface area contributed by atoms with Gasteiger partial charge in [-0.05, 0) is 13.8 Å². The molecule has 0 unspecified atom stereocenters. The maximum Gasteiger partial charge on any atom is 0.112 e. The van der Waals surface area contributed by atoms with Gasteiger partial charge >= 0.3 is 0 Å². The lowest BCUT2D eigenvalue weighted by Crippen LogP contribution is -2.38. The summed E-state index contributed by atoms with van der Waals surface area (Å²) in [5.41, 5.74) is 4.84. The zero-order valence-corrected chi connectivity index (χ0v) is 6.21. The molecule has 0 atom stereocenters. The van der Waals surface area contributed by atoms with Gasteiger partial charge < -0.3 is 10.5 Å². The molecule has 0 aliphatic heterocycles. The zero-order chi connectivity index (χ0) is 6.78. The van der Waals surface area contributed by atoms with Crippen LogP contribution in [0.1, 0.15) is 13.8 Å². The first-order valence-electron chi connectivity index (χ1n) is 2.36. The molecule has 8 heavy (non-hydrogen) atoms. The van der Waals surface area contributed by atoms with E-state index in [2.05, 4.69) is 12.2 Å².